The number of anilines is 2. The summed E-state index contributed by atoms with van der Waals surface area (Å²) in [5, 5.41) is 19.1. The minimum Gasteiger partial charge on any atom is -0.477 e. The van der Waals surface area contributed by atoms with E-state index in [4.69, 9.17) is 4.52 Å². The fraction of sp³-hybridized carbons (Fsp3) is 0.304. The second kappa shape index (κ2) is 8.49. The Morgan fingerprint density at radius 3 is 2.68 bits per heavy atom. The van der Waals surface area contributed by atoms with Gasteiger partial charge >= 0.3 is 5.97 Å². The van der Waals surface area contributed by atoms with Crippen LogP contribution in [0.3, 0.4) is 0 Å². The first-order chi connectivity index (χ1) is 16.3. The number of nitrogens with zero attached hydrogens (tertiary/aromatic N) is 5. The van der Waals surface area contributed by atoms with Crippen LogP contribution in [-0.4, -0.2) is 50.2 Å². The van der Waals surface area contributed by atoms with Gasteiger partial charge in [0.15, 0.2) is 5.13 Å². The molecule has 0 saturated heterocycles. The van der Waals surface area contributed by atoms with Crippen molar-refractivity contribution in [2.75, 3.05) is 17.3 Å². The number of carbonyl (C=O) groups is 2. The number of carbonyl (C=O) groups excluding carboxylic acids is 1. The van der Waals surface area contributed by atoms with E-state index in [0.29, 0.717) is 35.4 Å². The molecule has 0 bridgehead atoms. The van der Waals surface area contributed by atoms with Crippen molar-refractivity contribution in [1.82, 2.24) is 20.1 Å². The van der Waals surface area contributed by atoms with Crippen LogP contribution in [0.1, 0.15) is 34.1 Å². The minimum atomic E-state index is -1.03. The van der Waals surface area contributed by atoms with Gasteiger partial charge in [0.1, 0.15) is 10.7 Å². The molecule has 2 N–H and O–H groups in total. The Kier molecular flexibility index (Phi) is 5.48. The smallest absolute Gasteiger partial charge is 0.347 e. The van der Waals surface area contributed by atoms with E-state index >= 15 is 0 Å². The number of aromatic carboxylic acids is 1. The van der Waals surface area contributed by atoms with Gasteiger partial charge in [-0.3, -0.25) is 9.69 Å². The van der Waals surface area contributed by atoms with Crippen molar-refractivity contribution in [2.45, 2.75) is 32.7 Å². The molecular weight excluding hydrogens is 456 g/mol. The maximum atomic E-state index is 12.9. The molecule has 1 amide bonds. The zero-order chi connectivity index (χ0) is 24.0. The number of carboxylic acids is 1. The number of amides is 1. The van der Waals surface area contributed by atoms with Gasteiger partial charge in [0, 0.05) is 43.1 Å². The van der Waals surface area contributed by atoms with Crippen molar-refractivity contribution in [3.8, 4) is 11.4 Å². The van der Waals surface area contributed by atoms with E-state index in [0.717, 1.165) is 33.5 Å². The second-order valence-corrected chi connectivity index (χ2v) is 9.33. The van der Waals surface area contributed by atoms with Gasteiger partial charge in [-0.25, -0.2) is 14.8 Å². The average Bonchev–Trinajstić information content (AvgIpc) is 3.40. The summed E-state index contributed by atoms with van der Waals surface area (Å²) >= 11 is 1.01. The fourth-order valence-electron chi connectivity index (χ4n) is 4.06. The van der Waals surface area contributed by atoms with Gasteiger partial charge in [-0.15, -0.1) is 0 Å². The van der Waals surface area contributed by atoms with Crippen LogP contribution in [0.5, 0.6) is 0 Å². The maximum absolute atomic E-state index is 12.9. The normalized spacial score (nSPS) is 17.4. The van der Waals surface area contributed by atoms with Gasteiger partial charge < -0.3 is 14.9 Å². The molecule has 1 fully saturated rings. The summed E-state index contributed by atoms with van der Waals surface area (Å²) in [6.07, 6.45) is 3.06. The summed E-state index contributed by atoms with van der Waals surface area (Å²) in [7, 11) is 1.64. The molecule has 0 radical (unpaired) electrons. The summed E-state index contributed by atoms with van der Waals surface area (Å²) in [5.74, 6) is 0.509. The Morgan fingerprint density at radius 2 is 2.00 bits per heavy atom. The average molecular weight is 479 g/mol. The molecule has 0 aliphatic heterocycles. The first kappa shape index (κ1) is 22.0. The van der Waals surface area contributed by atoms with E-state index in [-0.39, 0.29) is 22.7 Å². The predicted octanol–water partition coefficient (Wildman–Crippen LogP) is 3.91. The molecule has 0 atom stereocenters. The topological polar surface area (TPSA) is 134 Å². The molecule has 0 unspecified atom stereocenters. The zero-order valence-corrected chi connectivity index (χ0v) is 19.6. The molecule has 174 valence electrons. The quantitative estimate of drug-likeness (QED) is 0.423. The molecule has 34 heavy (non-hydrogen) atoms. The number of nitrogens with one attached hydrogen (secondary N) is 1. The lowest BCUT2D eigenvalue weighted by atomic mass is 9.79. The van der Waals surface area contributed by atoms with Crippen molar-refractivity contribution in [1.29, 1.82) is 0 Å². The highest BCUT2D eigenvalue weighted by molar-refractivity contribution is 7.17. The first-order valence-corrected chi connectivity index (χ1v) is 11.6. The molecule has 11 heteroatoms. The van der Waals surface area contributed by atoms with Crippen LogP contribution in [0.25, 0.3) is 22.2 Å². The summed E-state index contributed by atoms with van der Waals surface area (Å²) in [6.45, 7) is 3.38. The Balaban J connectivity index is 1.28. The van der Waals surface area contributed by atoms with Crippen molar-refractivity contribution in [3.05, 3.63) is 46.9 Å². The van der Waals surface area contributed by atoms with Crippen LogP contribution in [0, 0.1) is 19.8 Å². The van der Waals surface area contributed by atoms with Crippen molar-refractivity contribution < 1.29 is 19.2 Å². The molecule has 3 aromatic heterocycles. The Hall–Kier alpha value is -3.86. The molecular formula is C23H22N6O4S. The molecule has 1 saturated carbocycles. The highest BCUT2D eigenvalue weighted by atomic mass is 32.1. The van der Waals surface area contributed by atoms with Crippen molar-refractivity contribution >= 4 is 44.9 Å². The fourth-order valence-corrected chi connectivity index (χ4v) is 4.93. The number of carboxylic acid groups (broad SMARTS) is 1. The van der Waals surface area contributed by atoms with Gasteiger partial charge in [-0.05, 0) is 37.3 Å². The molecule has 1 aromatic carbocycles. The predicted molar refractivity (Wildman–Crippen MR) is 127 cm³/mol. The van der Waals surface area contributed by atoms with Crippen molar-refractivity contribution in [2.24, 2.45) is 5.92 Å². The number of fused-ring (bicyclic) bond motifs is 1. The number of aryl methyl sites for hydroxylation is 2. The van der Waals surface area contributed by atoms with Crippen LogP contribution < -0.4 is 10.2 Å². The van der Waals surface area contributed by atoms with Crippen LogP contribution >= 0.6 is 11.3 Å². The van der Waals surface area contributed by atoms with Gasteiger partial charge in [0.25, 0.3) is 0 Å². The summed E-state index contributed by atoms with van der Waals surface area (Å²) < 4.78 is 5.10. The highest BCUT2D eigenvalue weighted by Gasteiger charge is 2.37. The lowest BCUT2D eigenvalue weighted by molar-refractivity contribution is -0.124. The Labute approximate surface area is 198 Å². The van der Waals surface area contributed by atoms with E-state index in [2.05, 4.69) is 25.4 Å². The summed E-state index contributed by atoms with van der Waals surface area (Å²) in [6, 6.07) is 7.96. The molecule has 1 aliphatic carbocycles. The first-order valence-electron chi connectivity index (χ1n) is 10.7. The SMILES string of the molecule is Cc1nc(-c2ccc3ccnc(NC4CC(C(=O)N(C)c5nc(C)c(C(=O)O)s5)C4)c3c2)no1. The third-order valence-electron chi connectivity index (χ3n) is 5.98. The Morgan fingerprint density at radius 1 is 1.21 bits per heavy atom. The third kappa shape index (κ3) is 3.98. The van der Waals surface area contributed by atoms with Crippen LogP contribution in [0.4, 0.5) is 10.9 Å². The molecule has 1 aliphatic rings. The van der Waals surface area contributed by atoms with E-state index < -0.39 is 5.97 Å². The van der Waals surface area contributed by atoms with Gasteiger partial charge in [0.2, 0.25) is 17.6 Å². The van der Waals surface area contributed by atoms with Gasteiger partial charge in [0.05, 0.1) is 5.69 Å². The number of pyridine rings is 1. The van der Waals surface area contributed by atoms with E-state index in [1.54, 1.807) is 27.1 Å². The highest BCUT2D eigenvalue weighted by Crippen LogP contribution is 2.35. The molecule has 10 nitrogen and oxygen atoms in total. The van der Waals surface area contributed by atoms with Crippen LogP contribution in [0.15, 0.2) is 35.0 Å². The lowest BCUT2D eigenvalue weighted by Gasteiger charge is -2.36. The Bertz CT molecular complexity index is 1410. The minimum absolute atomic E-state index is 0.0654. The molecule has 3 heterocycles. The second-order valence-electron chi connectivity index (χ2n) is 8.36. The summed E-state index contributed by atoms with van der Waals surface area (Å²) in [5.41, 5.74) is 1.25. The summed E-state index contributed by atoms with van der Waals surface area (Å²) in [4.78, 5) is 38.9. The lowest BCUT2D eigenvalue weighted by Crippen LogP contribution is -2.45. The van der Waals surface area contributed by atoms with Crippen LogP contribution in [0.2, 0.25) is 0 Å². The maximum Gasteiger partial charge on any atom is 0.347 e. The third-order valence-corrected chi connectivity index (χ3v) is 7.20. The standard InChI is InChI=1S/C23H22N6O4S/c1-11-18(22(31)32)34-23(25-11)29(3)21(30)15-8-16(9-15)27-20-17-10-14(19-26-12(2)33-28-19)5-4-13(17)6-7-24-20/h4-7,10,15-16H,8-9H2,1-3H3,(H,24,27)(H,31,32). The van der Waals surface area contributed by atoms with E-state index in [1.807, 2.05) is 24.3 Å². The molecule has 4 aromatic rings. The number of rotatable bonds is 6. The zero-order valence-electron chi connectivity index (χ0n) is 18.8. The molecule has 0 spiro atoms. The van der Waals surface area contributed by atoms with Crippen molar-refractivity contribution in [3.63, 3.8) is 0 Å². The monoisotopic (exact) mass is 478 g/mol. The number of thiazole rings is 1. The van der Waals surface area contributed by atoms with E-state index in [1.165, 1.54) is 4.90 Å². The van der Waals surface area contributed by atoms with Crippen LogP contribution in [-0.2, 0) is 4.79 Å². The number of aromatic nitrogens is 4. The largest absolute Gasteiger partial charge is 0.477 e. The number of hydrogen-bond donors (Lipinski definition) is 2. The van der Waals surface area contributed by atoms with E-state index in [9.17, 15) is 14.7 Å². The number of benzene rings is 1. The molecule has 5 rings (SSSR count). The van der Waals surface area contributed by atoms with Gasteiger partial charge in [-0.1, -0.05) is 28.6 Å². The number of hydrogen-bond acceptors (Lipinski definition) is 9. The van der Waals surface area contributed by atoms with Gasteiger partial charge in [-0.2, -0.15) is 4.98 Å².